The minimum absolute atomic E-state index is 0.124. The van der Waals surface area contributed by atoms with E-state index >= 15 is 0 Å². The van der Waals surface area contributed by atoms with Gasteiger partial charge in [0.05, 0.1) is 5.56 Å². The molecule has 0 saturated carbocycles. The van der Waals surface area contributed by atoms with Crippen molar-refractivity contribution < 1.29 is 9.63 Å². The molecular formula is C16H15N3O2. The van der Waals surface area contributed by atoms with E-state index in [2.05, 4.69) is 15.1 Å². The molecule has 0 radical (unpaired) electrons. The second-order valence-electron chi connectivity index (χ2n) is 5.12. The minimum Gasteiger partial charge on any atom is -0.507 e. The highest BCUT2D eigenvalue weighted by atomic mass is 16.5. The van der Waals surface area contributed by atoms with Crippen LogP contribution in [-0.4, -0.2) is 20.2 Å². The molecular weight excluding hydrogens is 266 g/mol. The second-order valence-corrected chi connectivity index (χ2v) is 5.12. The van der Waals surface area contributed by atoms with E-state index in [1.54, 1.807) is 18.3 Å². The maximum atomic E-state index is 9.97. The Morgan fingerprint density at radius 3 is 2.57 bits per heavy atom. The first-order chi connectivity index (χ1) is 10.0. The fraction of sp³-hybridized carbons (Fsp3) is 0.188. The fourth-order valence-electron chi connectivity index (χ4n) is 2.20. The highest BCUT2D eigenvalue weighted by Gasteiger charge is 2.16. The summed E-state index contributed by atoms with van der Waals surface area (Å²) in [7, 11) is 0. The lowest BCUT2D eigenvalue weighted by Gasteiger charge is -2.01. The van der Waals surface area contributed by atoms with Crippen LogP contribution in [0.2, 0.25) is 0 Å². The van der Waals surface area contributed by atoms with Gasteiger partial charge in [0.1, 0.15) is 11.4 Å². The zero-order chi connectivity index (χ0) is 15.0. The Labute approximate surface area is 122 Å². The molecule has 0 amide bonds. The molecule has 5 nitrogen and oxygen atoms in total. The quantitative estimate of drug-likeness (QED) is 0.779. The summed E-state index contributed by atoms with van der Waals surface area (Å²) in [5.41, 5.74) is 4.23. The Kier molecular flexibility index (Phi) is 3.17. The fourth-order valence-corrected chi connectivity index (χ4v) is 2.20. The van der Waals surface area contributed by atoms with Gasteiger partial charge in [-0.15, -0.1) is 0 Å². The van der Waals surface area contributed by atoms with Crippen molar-refractivity contribution in [2.24, 2.45) is 0 Å². The Hall–Kier alpha value is -2.69. The number of aromatic nitrogens is 3. The van der Waals surface area contributed by atoms with E-state index in [-0.39, 0.29) is 11.6 Å². The summed E-state index contributed by atoms with van der Waals surface area (Å²) < 4.78 is 5.25. The van der Waals surface area contributed by atoms with E-state index < -0.39 is 0 Å². The van der Waals surface area contributed by atoms with E-state index in [0.717, 1.165) is 16.7 Å². The van der Waals surface area contributed by atoms with Gasteiger partial charge in [-0.2, -0.15) is 4.98 Å². The smallest absolute Gasteiger partial charge is 0.262 e. The molecule has 0 aliphatic heterocycles. The van der Waals surface area contributed by atoms with Gasteiger partial charge in [-0.25, -0.2) is 0 Å². The highest BCUT2D eigenvalue weighted by Crippen LogP contribution is 2.30. The van der Waals surface area contributed by atoms with E-state index in [1.807, 2.05) is 32.9 Å². The molecule has 1 aromatic carbocycles. The number of pyridine rings is 1. The molecule has 0 spiro atoms. The van der Waals surface area contributed by atoms with E-state index in [4.69, 9.17) is 4.52 Å². The van der Waals surface area contributed by atoms with Gasteiger partial charge < -0.3 is 9.63 Å². The van der Waals surface area contributed by atoms with E-state index in [9.17, 15) is 5.11 Å². The number of hydrogen-bond acceptors (Lipinski definition) is 5. The number of phenols is 1. The number of nitrogens with zero attached hydrogens (tertiary/aromatic N) is 3. The Balaban J connectivity index is 2.03. The third-order valence-electron chi connectivity index (χ3n) is 3.24. The Morgan fingerprint density at radius 2 is 1.86 bits per heavy atom. The molecule has 0 aliphatic rings. The van der Waals surface area contributed by atoms with Gasteiger partial charge in [0.2, 0.25) is 5.82 Å². The minimum atomic E-state index is 0.124. The molecule has 0 unspecified atom stereocenters. The summed E-state index contributed by atoms with van der Waals surface area (Å²) in [5.74, 6) is 0.825. The van der Waals surface area contributed by atoms with Gasteiger partial charge in [0.15, 0.2) is 0 Å². The molecule has 3 rings (SSSR count). The van der Waals surface area contributed by atoms with Crippen LogP contribution in [0.3, 0.4) is 0 Å². The van der Waals surface area contributed by atoms with Crippen LogP contribution in [-0.2, 0) is 0 Å². The van der Waals surface area contributed by atoms with Gasteiger partial charge in [-0.05, 0) is 49.6 Å². The third-order valence-corrected chi connectivity index (χ3v) is 3.24. The number of rotatable bonds is 2. The van der Waals surface area contributed by atoms with Gasteiger partial charge >= 0.3 is 0 Å². The lowest BCUT2D eigenvalue weighted by Crippen LogP contribution is -1.91. The predicted molar refractivity (Wildman–Crippen MR) is 78.8 cm³/mol. The predicted octanol–water partition coefficient (Wildman–Crippen LogP) is 3.43. The molecule has 5 heteroatoms. The van der Waals surface area contributed by atoms with Crippen molar-refractivity contribution in [1.82, 2.24) is 15.1 Å². The molecule has 106 valence electrons. The summed E-state index contributed by atoms with van der Waals surface area (Å²) in [6.45, 7) is 5.84. The number of aryl methyl sites for hydroxylation is 3. The van der Waals surface area contributed by atoms with Crippen molar-refractivity contribution in [3.63, 3.8) is 0 Å². The van der Waals surface area contributed by atoms with Crippen LogP contribution >= 0.6 is 0 Å². The summed E-state index contributed by atoms with van der Waals surface area (Å²) in [6, 6.07) is 7.32. The monoisotopic (exact) mass is 281 g/mol. The molecule has 0 atom stereocenters. The maximum Gasteiger partial charge on any atom is 0.262 e. The highest BCUT2D eigenvalue weighted by molar-refractivity contribution is 5.65. The first kappa shape index (κ1) is 13.3. The van der Waals surface area contributed by atoms with Crippen molar-refractivity contribution in [3.05, 3.63) is 47.2 Å². The third kappa shape index (κ3) is 2.50. The summed E-state index contributed by atoms with van der Waals surface area (Å²) >= 11 is 0. The first-order valence-electron chi connectivity index (χ1n) is 6.62. The van der Waals surface area contributed by atoms with Gasteiger partial charge in [0.25, 0.3) is 5.89 Å². The normalized spacial score (nSPS) is 10.8. The van der Waals surface area contributed by atoms with Crippen LogP contribution in [0.4, 0.5) is 0 Å². The van der Waals surface area contributed by atoms with Crippen molar-refractivity contribution in [1.29, 1.82) is 0 Å². The van der Waals surface area contributed by atoms with Crippen LogP contribution in [0.15, 0.2) is 35.0 Å². The number of benzene rings is 1. The summed E-state index contributed by atoms with van der Waals surface area (Å²) in [4.78, 5) is 8.68. The SMILES string of the molecule is Cc1cnc(-c2noc(-c3ccc(C)cc3O)n2)c(C)c1. The molecule has 2 heterocycles. The van der Waals surface area contributed by atoms with Crippen molar-refractivity contribution >= 4 is 0 Å². The average molecular weight is 281 g/mol. The van der Waals surface area contributed by atoms with Crippen molar-refractivity contribution in [2.75, 3.05) is 0 Å². The number of phenolic OH excluding ortho intramolecular Hbond substituents is 1. The molecule has 0 bridgehead atoms. The van der Waals surface area contributed by atoms with Crippen LogP contribution < -0.4 is 0 Å². The molecule has 0 aliphatic carbocycles. The van der Waals surface area contributed by atoms with Gasteiger partial charge in [-0.1, -0.05) is 17.3 Å². The summed E-state index contributed by atoms with van der Waals surface area (Å²) in [6.07, 6.45) is 1.77. The van der Waals surface area contributed by atoms with Crippen LogP contribution in [0.25, 0.3) is 23.0 Å². The topological polar surface area (TPSA) is 72.0 Å². The number of hydrogen-bond donors (Lipinski definition) is 1. The van der Waals surface area contributed by atoms with E-state index in [1.165, 1.54) is 0 Å². The van der Waals surface area contributed by atoms with Crippen molar-refractivity contribution in [3.8, 4) is 28.7 Å². The molecule has 0 saturated heterocycles. The molecule has 21 heavy (non-hydrogen) atoms. The molecule has 1 N–H and O–H groups in total. The van der Waals surface area contributed by atoms with Gasteiger partial charge in [0, 0.05) is 6.20 Å². The van der Waals surface area contributed by atoms with Crippen LogP contribution in [0.1, 0.15) is 16.7 Å². The second kappa shape index (κ2) is 5.01. The molecule has 3 aromatic rings. The van der Waals surface area contributed by atoms with Crippen LogP contribution in [0, 0.1) is 20.8 Å². The first-order valence-corrected chi connectivity index (χ1v) is 6.62. The average Bonchev–Trinajstić information content (AvgIpc) is 2.87. The lowest BCUT2D eigenvalue weighted by atomic mass is 10.1. The molecule has 0 fully saturated rings. The van der Waals surface area contributed by atoms with Gasteiger partial charge in [-0.3, -0.25) is 4.98 Å². The summed E-state index contributed by atoms with van der Waals surface area (Å²) in [5, 5.41) is 13.9. The zero-order valence-corrected chi connectivity index (χ0v) is 12.1. The van der Waals surface area contributed by atoms with E-state index in [0.29, 0.717) is 17.1 Å². The zero-order valence-electron chi connectivity index (χ0n) is 12.1. The Bertz CT molecular complexity index is 743. The molecule has 2 aromatic heterocycles. The van der Waals surface area contributed by atoms with Crippen molar-refractivity contribution in [2.45, 2.75) is 20.8 Å². The largest absolute Gasteiger partial charge is 0.507 e. The Morgan fingerprint density at radius 1 is 1.05 bits per heavy atom. The van der Waals surface area contributed by atoms with Crippen LogP contribution in [0.5, 0.6) is 5.75 Å². The lowest BCUT2D eigenvalue weighted by molar-refractivity contribution is 0.425. The number of aromatic hydroxyl groups is 1. The standard InChI is InChI=1S/C16H15N3O2/c1-9-4-5-12(13(20)7-9)16-18-15(19-21-16)14-11(3)6-10(2)8-17-14/h4-8,20H,1-3H3. The maximum absolute atomic E-state index is 9.97.